The van der Waals surface area contributed by atoms with E-state index in [2.05, 4.69) is 55.4 Å². The van der Waals surface area contributed by atoms with Crippen LogP contribution in [0, 0.1) is 0 Å². The van der Waals surface area contributed by atoms with E-state index in [1.807, 2.05) is 60.7 Å². The van der Waals surface area contributed by atoms with Gasteiger partial charge in [0, 0.05) is 21.1 Å². The first-order chi connectivity index (χ1) is 24.1. The fraction of sp³-hybridized carbons (Fsp3) is 0.600. The van der Waals surface area contributed by atoms with Crippen molar-refractivity contribution in [2.24, 2.45) is 0 Å². The van der Waals surface area contributed by atoms with E-state index in [1.165, 1.54) is 9.80 Å². The van der Waals surface area contributed by atoms with Crippen LogP contribution < -0.4 is 0 Å². The van der Waals surface area contributed by atoms with E-state index < -0.39 is 65.8 Å². The van der Waals surface area contributed by atoms with Crippen LogP contribution in [-0.2, 0) is 49.0 Å². The summed E-state index contributed by atoms with van der Waals surface area (Å²) in [5.41, 5.74) is 1.96. The Morgan fingerprint density at radius 2 is 0.811 bits per heavy atom. The van der Waals surface area contributed by atoms with Crippen molar-refractivity contribution in [2.45, 2.75) is 155 Å². The number of hydrogen-bond donors (Lipinski definition) is 0. The quantitative estimate of drug-likeness (QED) is 0.171. The van der Waals surface area contributed by atoms with E-state index in [0.29, 0.717) is 22.2 Å². The first kappa shape index (κ1) is 46.5. The summed E-state index contributed by atoms with van der Waals surface area (Å²) >= 11 is 0. The summed E-state index contributed by atoms with van der Waals surface area (Å²) in [6, 6.07) is 18.2. The largest absolute Gasteiger partial charge is 0.443 e. The van der Waals surface area contributed by atoms with Crippen molar-refractivity contribution < 1.29 is 58.6 Å². The van der Waals surface area contributed by atoms with E-state index in [0.717, 1.165) is 11.1 Å². The number of ether oxygens (including phenoxy) is 2. The molecule has 0 bridgehead atoms. The van der Waals surface area contributed by atoms with Crippen LogP contribution >= 0.6 is 0 Å². The van der Waals surface area contributed by atoms with Crippen LogP contribution in [0.4, 0.5) is 9.59 Å². The number of imide groups is 2. The standard InChI is InChI=1S/2C20H30NO4Si.W/c2*1-13(2)26(14(3)4)25-17-16(15-11-9-8-10-12-15)21(18(17)22)19(23)24-20(5,6)7;/h2*8-14,16-17H,1-7H3;/t16?,17-;16-,17+;/m10./s1. The topological polar surface area (TPSA) is 112 Å². The Hall–Kier alpha value is -2.64. The molecule has 2 fully saturated rings. The van der Waals surface area contributed by atoms with Gasteiger partial charge in [0.25, 0.3) is 11.8 Å². The number of amides is 4. The molecule has 13 heteroatoms. The second-order valence-corrected chi connectivity index (χ2v) is 23.3. The van der Waals surface area contributed by atoms with Crippen LogP contribution in [0.3, 0.4) is 0 Å². The minimum absolute atomic E-state index is 0. The van der Waals surface area contributed by atoms with Crippen LogP contribution in [0.5, 0.6) is 0 Å². The van der Waals surface area contributed by atoms with Crippen molar-refractivity contribution in [3.63, 3.8) is 0 Å². The third-order valence-electron chi connectivity index (χ3n) is 8.36. The Morgan fingerprint density at radius 3 is 1.04 bits per heavy atom. The summed E-state index contributed by atoms with van der Waals surface area (Å²) in [6.45, 7) is 27.8. The maximum absolute atomic E-state index is 12.8. The monoisotopic (exact) mass is 936 g/mol. The summed E-state index contributed by atoms with van der Waals surface area (Å²) < 4.78 is 23.5. The summed E-state index contributed by atoms with van der Waals surface area (Å²) in [6.07, 6.45) is -2.47. The second kappa shape index (κ2) is 19.3. The maximum atomic E-state index is 12.8. The molecule has 0 saturated carbocycles. The van der Waals surface area contributed by atoms with Crippen molar-refractivity contribution in [2.75, 3.05) is 0 Å². The molecular weight excluding hydrogens is 876 g/mol. The molecular formula is C40H60N2O8Si2W. The predicted octanol–water partition coefficient (Wildman–Crippen LogP) is 9.40. The minimum Gasteiger partial charge on any atom is -0.443 e. The summed E-state index contributed by atoms with van der Waals surface area (Å²) in [5, 5.41) is 0. The molecule has 0 spiro atoms. The summed E-state index contributed by atoms with van der Waals surface area (Å²) in [4.78, 5) is 53.1. The molecule has 2 aromatic carbocycles. The number of rotatable bonds is 10. The first-order valence-electron chi connectivity index (χ1n) is 18.3. The molecule has 1 unspecified atom stereocenters. The molecule has 0 N–H and O–H groups in total. The van der Waals surface area contributed by atoms with E-state index in [1.54, 1.807) is 41.5 Å². The van der Waals surface area contributed by atoms with Gasteiger partial charge in [-0.15, -0.1) is 0 Å². The van der Waals surface area contributed by atoms with Crippen LogP contribution in [0.1, 0.15) is 120 Å². The van der Waals surface area contributed by atoms with Gasteiger partial charge in [-0.3, -0.25) is 9.59 Å². The van der Waals surface area contributed by atoms with Gasteiger partial charge in [-0.1, -0.05) is 116 Å². The number of likely N-dealkylation sites (tertiary alicyclic amines) is 2. The average molecular weight is 937 g/mol. The number of carbonyl (C=O) groups is 4. The number of hydrogen-bond acceptors (Lipinski definition) is 8. The molecule has 0 aliphatic carbocycles. The third kappa shape index (κ3) is 12.2. The molecule has 2 aliphatic heterocycles. The van der Waals surface area contributed by atoms with E-state index in [-0.39, 0.29) is 32.9 Å². The van der Waals surface area contributed by atoms with Crippen molar-refractivity contribution >= 4 is 42.1 Å². The summed E-state index contributed by atoms with van der Waals surface area (Å²) in [7, 11) is -2.39. The molecule has 4 atom stereocenters. The Morgan fingerprint density at radius 1 is 0.547 bits per heavy atom. The fourth-order valence-electron chi connectivity index (χ4n) is 6.30. The van der Waals surface area contributed by atoms with E-state index in [4.69, 9.17) is 18.3 Å². The molecule has 4 rings (SSSR count). The minimum atomic E-state index is -1.19. The van der Waals surface area contributed by atoms with Crippen molar-refractivity contribution in [1.82, 2.24) is 9.80 Å². The van der Waals surface area contributed by atoms with Gasteiger partial charge in [0.15, 0.2) is 12.2 Å². The second-order valence-electron chi connectivity index (χ2n) is 16.6. The van der Waals surface area contributed by atoms with E-state index >= 15 is 0 Å². The van der Waals surface area contributed by atoms with Gasteiger partial charge in [0.05, 0.1) is 0 Å². The Balaban J connectivity index is 0.000000360. The Kier molecular flexibility index (Phi) is 16.9. The van der Waals surface area contributed by atoms with Crippen LogP contribution in [0.15, 0.2) is 60.7 Å². The molecule has 0 aromatic heterocycles. The molecule has 2 aliphatic rings. The predicted molar refractivity (Wildman–Crippen MR) is 206 cm³/mol. The molecule has 2 radical (unpaired) electrons. The number of β-lactam (4-membered cyclic amide) rings is 2. The summed E-state index contributed by atoms with van der Waals surface area (Å²) in [5.74, 6) is -0.617. The Labute approximate surface area is 335 Å². The maximum Gasteiger partial charge on any atom is 0.417 e. The number of carbonyl (C=O) groups excluding carboxylic acids is 4. The van der Waals surface area contributed by atoms with Crippen molar-refractivity contribution in [3.8, 4) is 0 Å². The zero-order valence-electron chi connectivity index (χ0n) is 34.0. The number of nitrogens with zero attached hydrogens (tertiary/aromatic N) is 2. The van der Waals surface area contributed by atoms with Gasteiger partial charge in [0.1, 0.15) is 23.3 Å². The third-order valence-corrected chi connectivity index (χ3v) is 14.0. The molecule has 2 saturated heterocycles. The smallest absolute Gasteiger partial charge is 0.417 e. The zero-order chi connectivity index (χ0) is 39.3. The molecule has 2 aromatic rings. The first-order valence-corrected chi connectivity index (χ1v) is 21.5. The molecule has 2 heterocycles. The van der Waals surface area contributed by atoms with Gasteiger partial charge >= 0.3 is 12.2 Å². The van der Waals surface area contributed by atoms with Gasteiger partial charge in [-0.2, -0.15) is 0 Å². The van der Waals surface area contributed by atoms with Crippen LogP contribution in [0.2, 0.25) is 22.2 Å². The molecule has 10 nitrogen and oxygen atoms in total. The van der Waals surface area contributed by atoms with Gasteiger partial charge in [-0.05, 0) is 74.8 Å². The van der Waals surface area contributed by atoms with Crippen molar-refractivity contribution in [3.05, 3.63) is 71.8 Å². The zero-order valence-corrected chi connectivity index (χ0v) is 38.9. The van der Waals surface area contributed by atoms with Gasteiger partial charge in [0.2, 0.25) is 18.1 Å². The fourth-order valence-corrected chi connectivity index (χ4v) is 11.1. The van der Waals surface area contributed by atoms with Gasteiger partial charge in [-0.25, -0.2) is 19.4 Å². The average Bonchev–Trinajstić information content (AvgIpc) is 3.01. The van der Waals surface area contributed by atoms with Crippen molar-refractivity contribution in [1.29, 1.82) is 0 Å². The Bertz CT molecular complexity index is 1380. The molecule has 4 amide bonds. The van der Waals surface area contributed by atoms with Crippen LogP contribution in [0.25, 0.3) is 0 Å². The molecule has 53 heavy (non-hydrogen) atoms. The normalized spacial score (nSPS) is 20.3. The van der Waals surface area contributed by atoms with Crippen LogP contribution in [-0.4, -0.2) is 75.3 Å². The molecule has 292 valence electrons. The van der Waals surface area contributed by atoms with Gasteiger partial charge < -0.3 is 18.3 Å². The SMILES string of the molecule is CC(C)[Si](O[C@H]1C(=O)N(C(=O)OC(C)(C)C)C1c1ccccc1)C(C)C.CC(C)[Si](O[C@H]1C(=O)N(C(=O)OC(C)(C)C)[C@H]1c1ccccc1)C(C)C.[W]. The van der Waals surface area contributed by atoms with E-state index in [9.17, 15) is 19.2 Å². The number of benzene rings is 2.